The fraction of sp³-hybridized carbons (Fsp3) is 0.750. The minimum Gasteiger partial charge on any atom is -0.480 e. The zero-order valence-electron chi connectivity index (χ0n) is 8.06. The van der Waals surface area contributed by atoms with Crippen molar-refractivity contribution in [1.82, 2.24) is 5.32 Å². The average Bonchev–Trinajstić information content (AvgIpc) is 2.02. The average molecular weight is 220 g/mol. The third-order valence-corrected chi connectivity index (χ3v) is 2.16. The van der Waals surface area contributed by atoms with Crippen molar-refractivity contribution in [2.24, 2.45) is 5.73 Å². The van der Waals surface area contributed by atoms with Crippen LogP contribution in [-0.4, -0.2) is 34.8 Å². The van der Waals surface area contributed by atoms with Crippen LogP contribution in [0.5, 0.6) is 0 Å². The lowest BCUT2D eigenvalue weighted by atomic mass is 10.1. The number of hydrogen-bond acceptors (Lipinski definition) is 4. The van der Waals surface area contributed by atoms with Gasteiger partial charge in [0, 0.05) is 18.7 Å². The molecule has 0 bridgehead atoms. The molecule has 0 aromatic rings. The minimum atomic E-state index is -1.02. The largest absolute Gasteiger partial charge is 0.480 e. The van der Waals surface area contributed by atoms with Gasteiger partial charge in [-0.15, -0.1) is 0 Å². The minimum absolute atomic E-state index is 0.104. The highest BCUT2D eigenvalue weighted by atomic mass is 32.1. The predicted octanol–water partition coefficient (Wildman–Crippen LogP) is -0.387. The Labute approximate surface area is 88.5 Å². The van der Waals surface area contributed by atoms with Crippen LogP contribution in [0.25, 0.3) is 0 Å². The third kappa shape index (κ3) is 6.73. The molecule has 0 saturated heterocycles. The molecule has 0 aliphatic heterocycles. The molecule has 0 radical (unpaired) electrons. The summed E-state index contributed by atoms with van der Waals surface area (Å²) in [6.45, 7) is 1.92. The first-order chi connectivity index (χ1) is 6.43. The molecule has 0 aliphatic carbocycles. The molecule has 0 saturated carbocycles. The first-order valence-corrected chi connectivity index (χ1v) is 4.86. The molecule has 82 valence electrons. The molecule has 5 nitrogen and oxygen atoms in total. The van der Waals surface area contributed by atoms with Crippen LogP contribution >= 0.6 is 12.6 Å². The maximum atomic E-state index is 10.5. The Morgan fingerprint density at radius 2 is 2.14 bits per heavy atom. The van der Waals surface area contributed by atoms with Gasteiger partial charge in [-0.1, -0.05) is 0 Å². The number of nitrogens with one attached hydrogen (secondary N) is 1. The zero-order chi connectivity index (χ0) is 11.1. The van der Waals surface area contributed by atoms with Gasteiger partial charge < -0.3 is 16.2 Å². The van der Waals surface area contributed by atoms with Crippen molar-refractivity contribution in [3.63, 3.8) is 0 Å². The van der Waals surface area contributed by atoms with Crippen molar-refractivity contribution in [1.29, 1.82) is 0 Å². The lowest BCUT2D eigenvalue weighted by molar-refractivity contribution is -0.138. The third-order valence-electron chi connectivity index (χ3n) is 1.69. The predicted molar refractivity (Wildman–Crippen MR) is 56.3 cm³/mol. The molecule has 6 heteroatoms. The van der Waals surface area contributed by atoms with Crippen molar-refractivity contribution >= 4 is 24.5 Å². The van der Waals surface area contributed by atoms with E-state index in [9.17, 15) is 9.59 Å². The molecule has 0 heterocycles. The second-order valence-electron chi connectivity index (χ2n) is 3.11. The van der Waals surface area contributed by atoms with E-state index in [4.69, 9.17) is 10.8 Å². The Kier molecular flexibility index (Phi) is 6.31. The molecule has 14 heavy (non-hydrogen) atoms. The second kappa shape index (κ2) is 6.67. The summed E-state index contributed by atoms with van der Waals surface area (Å²) in [6.07, 6.45) is 0.918. The Hall–Kier alpha value is -0.750. The van der Waals surface area contributed by atoms with E-state index in [1.807, 2.05) is 0 Å². The van der Waals surface area contributed by atoms with Gasteiger partial charge in [0.25, 0.3) is 0 Å². The summed E-state index contributed by atoms with van der Waals surface area (Å²) in [4.78, 5) is 20.9. The van der Waals surface area contributed by atoms with Crippen LogP contribution < -0.4 is 11.1 Å². The van der Waals surface area contributed by atoms with Gasteiger partial charge in [-0.05, 0) is 12.8 Å². The lowest BCUT2D eigenvalue weighted by Gasteiger charge is -2.13. The number of carbonyl (C=O) groups excluding carboxylic acids is 1. The van der Waals surface area contributed by atoms with Gasteiger partial charge in [0.1, 0.15) is 6.04 Å². The summed E-state index contributed by atoms with van der Waals surface area (Å²) in [6, 6.07) is -0.880. The van der Waals surface area contributed by atoms with Gasteiger partial charge in [0.15, 0.2) is 0 Å². The molecule has 0 fully saturated rings. The summed E-state index contributed by atoms with van der Waals surface area (Å²) < 4.78 is 0. The van der Waals surface area contributed by atoms with E-state index in [1.54, 1.807) is 0 Å². The van der Waals surface area contributed by atoms with Crippen molar-refractivity contribution in [2.45, 2.75) is 31.1 Å². The number of carboxylic acid groups (broad SMARTS) is 1. The van der Waals surface area contributed by atoms with Gasteiger partial charge in [-0.25, -0.2) is 0 Å². The highest BCUT2D eigenvalue weighted by Gasteiger charge is 2.15. The number of aliphatic carboxylic acids is 1. The summed E-state index contributed by atoms with van der Waals surface area (Å²) >= 11 is 4.17. The summed E-state index contributed by atoms with van der Waals surface area (Å²) in [5, 5.41) is 11.0. The Morgan fingerprint density at radius 1 is 1.57 bits per heavy atom. The normalized spacial score (nSPS) is 14.5. The Morgan fingerprint density at radius 3 is 2.57 bits per heavy atom. The number of nitrogens with two attached hydrogens (primary N) is 1. The number of carbonyl (C=O) groups is 2. The lowest BCUT2D eigenvalue weighted by Crippen LogP contribution is -2.33. The van der Waals surface area contributed by atoms with Crippen LogP contribution in [0.4, 0.5) is 0 Å². The smallest absolute Gasteiger partial charge is 0.320 e. The summed E-state index contributed by atoms with van der Waals surface area (Å²) in [5.74, 6) is -1.13. The Bertz CT molecular complexity index is 211. The second-order valence-corrected chi connectivity index (χ2v) is 3.84. The molecule has 0 spiro atoms. The van der Waals surface area contributed by atoms with Gasteiger partial charge in [0.05, 0.1) is 0 Å². The fourth-order valence-electron chi connectivity index (χ4n) is 0.927. The van der Waals surface area contributed by atoms with Crippen LogP contribution in [0, 0.1) is 0 Å². The standard InChI is InChI=1S/C8H16N2O3S/c1-5(11)10-3-2-6(14)4-7(9)8(12)13/h6-7,14H,2-4,9H2,1H3,(H,10,11)(H,12,13). The van der Waals surface area contributed by atoms with Crippen LogP contribution in [0.1, 0.15) is 19.8 Å². The first kappa shape index (κ1) is 13.2. The topological polar surface area (TPSA) is 92.4 Å². The molecule has 4 N–H and O–H groups in total. The van der Waals surface area contributed by atoms with E-state index in [2.05, 4.69) is 17.9 Å². The quantitative estimate of drug-likeness (QED) is 0.459. The summed E-state index contributed by atoms with van der Waals surface area (Å²) in [7, 11) is 0. The number of carboxylic acids is 1. The van der Waals surface area contributed by atoms with E-state index in [0.29, 0.717) is 19.4 Å². The molecule has 1 amide bonds. The molecule has 0 aliphatic rings. The molecular formula is C8H16N2O3S. The molecule has 0 aromatic carbocycles. The fourth-order valence-corrected chi connectivity index (χ4v) is 1.28. The number of rotatable bonds is 6. The first-order valence-electron chi connectivity index (χ1n) is 4.34. The monoisotopic (exact) mass is 220 g/mol. The van der Waals surface area contributed by atoms with Crippen LogP contribution in [0.2, 0.25) is 0 Å². The summed E-state index contributed by atoms with van der Waals surface area (Å²) in [5.41, 5.74) is 5.31. The van der Waals surface area contributed by atoms with Crippen molar-refractivity contribution in [2.75, 3.05) is 6.54 Å². The van der Waals surface area contributed by atoms with Gasteiger partial charge in [0.2, 0.25) is 5.91 Å². The van der Waals surface area contributed by atoms with Crippen LogP contribution in [0.3, 0.4) is 0 Å². The van der Waals surface area contributed by atoms with Crippen molar-refractivity contribution in [3.05, 3.63) is 0 Å². The molecule has 0 aromatic heterocycles. The van der Waals surface area contributed by atoms with Crippen molar-refractivity contribution in [3.8, 4) is 0 Å². The maximum Gasteiger partial charge on any atom is 0.320 e. The van der Waals surface area contributed by atoms with E-state index < -0.39 is 12.0 Å². The highest BCUT2D eigenvalue weighted by molar-refractivity contribution is 7.80. The van der Waals surface area contributed by atoms with Crippen LogP contribution in [-0.2, 0) is 9.59 Å². The highest BCUT2D eigenvalue weighted by Crippen LogP contribution is 2.07. The van der Waals surface area contributed by atoms with Crippen molar-refractivity contribution < 1.29 is 14.7 Å². The van der Waals surface area contributed by atoms with Gasteiger partial charge in [-0.3, -0.25) is 9.59 Å². The molecule has 0 rings (SSSR count). The van der Waals surface area contributed by atoms with E-state index in [1.165, 1.54) is 6.92 Å². The Balaban J connectivity index is 3.59. The number of thiol groups is 1. The van der Waals surface area contributed by atoms with Gasteiger partial charge >= 0.3 is 5.97 Å². The number of hydrogen-bond donors (Lipinski definition) is 4. The van der Waals surface area contributed by atoms with Gasteiger partial charge in [-0.2, -0.15) is 12.6 Å². The van der Waals surface area contributed by atoms with Crippen LogP contribution in [0.15, 0.2) is 0 Å². The van der Waals surface area contributed by atoms with E-state index in [0.717, 1.165) is 0 Å². The zero-order valence-corrected chi connectivity index (χ0v) is 8.96. The maximum absolute atomic E-state index is 10.5. The molecule has 2 unspecified atom stereocenters. The van der Waals surface area contributed by atoms with E-state index >= 15 is 0 Å². The van der Waals surface area contributed by atoms with E-state index in [-0.39, 0.29) is 11.2 Å². The molecular weight excluding hydrogens is 204 g/mol. The number of amides is 1. The SMILES string of the molecule is CC(=O)NCCC(S)CC(N)C(=O)O. The molecule has 2 atom stereocenters.